The molecule has 3 nitrogen and oxygen atoms in total. The molecule has 0 saturated carbocycles. The summed E-state index contributed by atoms with van der Waals surface area (Å²) in [5.41, 5.74) is 0.908. The molecule has 4 heteroatoms. The summed E-state index contributed by atoms with van der Waals surface area (Å²) in [5.74, 6) is 0.618. The van der Waals surface area contributed by atoms with Gasteiger partial charge < -0.3 is 4.90 Å². The van der Waals surface area contributed by atoms with Gasteiger partial charge in [0.05, 0.1) is 17.1 Å². The third-order valence-electron chi connectivity index (χ3n) is 2.51. The number of hydrogen-bond acceptors (Lipinski definition) is 3. The van der Waals surface area contributed by atoms with Crippen molar-refractivity contribution in [3.8, 4) is 0 Å². The number of rotatable bonds is 5. The zero-order valence-corrected chi connectivity index (χ0v) is 11.3. The predicted molar refractivity (Wildman–Crippen MR) is 67.8 cm³/mol. The monoisotopic (exact) mass is 240 g/mol. The largest absolute Gasteiger partial charge is 0.343 e. The fraction of sp³-hybridized carbons (Fsp3) is 0.667. The third-order valence-corrected chi connectivity index (χ3v) is 3.71. The van der Waals surface area contributed by atoms with E-state index in [4.69, 9.17) is 0 Å². The second-order valence-corrected chi connectivity index (χ2v) is 4.96. The van der Waals surface area contributed by atoms with Crippen LogP contribution in [-0.4, -0.2) is 28.9 Å². The smallest absolute Gasteiger partial charge is 0.228 e. The summed E-state index contributed by atoms with van der Waals surface area (Å²) in [5, 5.41) is 3.11. The molecule has 0 aliphatic rings. The number of hydrogen-bond donors (Lipinski definition) is 0. The van der Waals surface area contributed by atoms with Gasteiger partial charge in [-0.1, -0.05) is 13.8 Å². The molecular formula is C12H20N2OS. The zero-order valence-electron chi connectivity index (χ0n) is 10.5. The van der Waals surface area contributed by atoms with E-state index in [2.05, 4.69) is 18.8 Å². The Kier molecular flexibility index (Phi) is 4.93. The predicted octanol–water partition coefficient (Wildman–Crippen LogP) is 2.68. The van der Waals surface area contributed by atoms with E-state index in [-0.39, 0.29) is 5.91 Å². The van der Waals surface area contributed by atoms with Gasteiger partial charge in [0.25, 0.3) is 0 Å². The Bertz CT molecular complexity index is 343. The number of likely N-dealkylation sites (N-methyl/N-ethyl adjacent to an activating group) is 1. The van der Waals surface area contributed by atoms with E-state index in [0.29, 0.717) is 12.3 Å². The summed E-state index contributed by atoms with van der Waals surface area (Å²) in [6, 6.07) is 0. The van der Waals surface area contributed by atoms with Crippen LogP contribution >= 0.6 is 11.3 Å². The van der Waals surface area contributed by atoms with Gasteiger partial charge in [-0.25, -0.2) is 4.98 Å². The molecule has 0 fully saturated rings. The van der Waals surface area contributed by atoms with Crippen LogP contribution in [0, 0.1) is 0 Å². The van der Waals surface area contributed by atoms with Crippen LogP contribution in [0.5, 0.6) is 0 Å². The van der Waals surface area contributed by atoms with Crippen LogP contribution in [0.2, 0.25) is 0 Å². The van der Waals surface area contributed by atoms with Crippen molar-refractivity contribution < 1.29 is 4.79 Å². The van der Waals surface area contributed by atoms with Crippen LogP contribution in [0.3, 0.4) is 0 Å². The quantitative estimate of drug-likeness (QED) is 0.793. The molecule has 0 bridgehead atoms. The lowest BCUT2D eigenvalue weighted by Gasteiger charge is -2.17. The summed E-state index contributed by atoms with van der Waals surface area (Å²) >= 11 is 1.64. The Morgan fingerprint density at radius 3 is 2.50 bits per heavy atom. The van der Waals surface area contributed by atoms with Gasteiger partial charge in [-0.15, -0.1) is 11.3 Å². The summed E-state index contributed by atoms with van der Waals surface area (Å²) in [7, 11) is 0. The van der Waals surface area contributed by atoms with Gasteiger partial charge in [-0.05, 0) is 13.8 Å². The van der Waals surface area contributed by atoms with Crippen LogP contribution < -0.4 is 0 Å². The third kappa shape index (κ3) is 3.30. The highest BCUT2D eigenvalue weighted by atomic mass is 32.1. The molecule has 0 aliphatic carbocycles. The Labute approximate surface area is 101 Å². The first-order valence-electron chi connectivity index (χ1n) is 5.80. The lowest BCUT2D eigenvalue weighted by Crippen LogP contribution is -2.31. The van der Waals surface area contributed by atoms with Crippen LogP contribution in [-0.2, 0) is 11.2 Å². The van der Waals surface area contributed by atoms with Gasteiger partial charge in [-0.2, -0.15) is 0 Å². The Hall–Kier alpha value is -0.900. The lowest BCUT2D eigenvalue weighted by atomic mass is 10.2. The van der Waals surface area contributed by atoms with Gasteiger partial charge in [0.15, 0.2) is 0 Å². The van der Waals surface area contributed by atoms with Crippen molar-refractivity contribution in [2.75, 3.05) is 13.1 Å². The van der Waals surface area contributed by atoms with Crippen LogP contribution in [0.1, 0.15) is 44.3 Å². The molecule has 0 radical (unpaired) electrons. The van der Waals surface area contributed by atoms with Gasteiger partial charge in [0, 0.05) is 24.4 Å². The maximum absolute atomic E-state index is 11.8. The fourth-order valence-electron chi connectivity index (χ4n) is 1.51. The number of nitrogens with zero attached hydrogens (tertiary/aromatic N) is 2. The van der Waals surface area contributed by atoms with E-state index in [1.54, 1.807) is 11.3 Å². The summed E-state index contributed by atoms with van der Waals surface area (Å²) in [6.07, 6.45) is 0.435. The average molecular weight is 240 g/mol. The molecule has 90 valence electrons. The minimum atomic E-state index is 0.172. The normalized spacial score (nSPS) is 10.8. The topological polar surface area (TPSA) is 33.2 Å². The van der Waals surface area contributed by atoms with Crippen molar-refractivity contribution in [1.29, 1.82) is 0 Å². The second-order valence-electron chi connectivity index (χ2n) is 4.07. The molecule has 1 aromatic rings. The molecule has 0 saturated heterocycles. The minimum absolute atomic E-state index is 0.172. The SMILES string of the molecule is CCN(CC)C(=O)Cc1csc(C(C)C)n1. The summed E-state index contributed by atoms with van der Waals surface area (Å²) in [4.78, 5) is 18.2. The van der Waals surface area contributed by atoms with Crippen LogP contribution in [0.15, 0.2) is 5.38 Å². The molecule has 0 spiro atoms. The van der Waals surface area contributed by atoms with Crippen LogP contribution in [0.25, 0.3) is 0 Å². The number of aromatic nitrogens is 1. The van der Waals surface area contributed by atoms with E-state index in [1.807, 2.05) is 24.1 Å². The van der Waals surface area contributed by atoms with Crippen molar-refractivity contribution in [3.05, 3.63) is 16.1 Å². The Morgan fingerprint density at radius 1 is 1.44 bits per heavy atom. The molecule has 1 amide bonds. The molecule has 0 atom stereocenters. The summed E-state index contributed by atoms with van der Waals surface area (Å²) < 4.78 is 0. The summed E-state index contributed by atoms with van der Waals surface area (Å²) in [6.45, 7) is 9.79. The molecule has 0 N–H and O–H groups in total. The standard InChI is InChI=1S/C12H20N2OS/c1-5-14(6-2)11(15)7-10-8-16-12(13-10)9(3)4/h8-9H,5-7H2,1-4H3. The molecule has 0 aromatic carbocycles. The maximum atomic E-state index is 11.8. The van der Waals surface area contributed by atoms with Crippen molar-refractivity contribution in [3.63, 3.8) is 0 Å². The molecule has 1 rings (SSSR count). The number of carbonyl (C=O) groups excluding carboxylic acids is 1. The highest BCUT2D eigenvalue weighted by Gasteiger charge is 2.13. The number of amides is 1. The van der Waals surface area contributed by atoms with E-state index in [0.717, 1.165) is 23.8 Å². The van der Waals surface area contributed by atoms with E-state index in [9.17, 15) is 4.79 Å². The fourth-order valence-corrected chi connectivity index (χ4v) is 2.35. The van der Waals surface area contributed by atoms with E-state index < -0.39 is 0 Å². The van der Waals surface area contributed by atoms with Crippen molar-refractivity contribution in [2.45, 2.75) is 40.0 Å². The highest BCUT2D eigenvalue weighted by molar-refractivity contribution is 7.09. The first-order chi connectivity index (χ1) is 7.58. The van der Waals surface area contributed by atoms with Gasteiger partial charge in [0.1, 0.15) is 0 Å². The molecule has 16 heavy (non-hydrogen) atoms. The number of carbonyl (C=O) groups is 1. The van der Waals surface area contributed by atoms with Gasteiger partial charge in [-0.3, -0.25) is 4.79 Å². The van der Waals surface area contributed by atoms with Crippen LogP contribution in [0.4, 0.5) is 0 Å². The maximum Gasteiger partial charge on any atom is 0.228 e. The average Bonchev–Trinajstić information content (AvgIpc) is 2.68. The number of thiazole rings is 1. The van der Waals surface area contributed by atoms with E-state index >= 15 is 0 Å². The van der Waals surface area contributed by atoms with Gasteiger partial charge >= 0.3 is 0 Å². The molecule has 0 aliphatic heterocycles. The van der Waals surface area contributed by atoms with Crippen molar-refractivity contribution in [1.82, 2.24) is 9.88 Å². The first-order valence-corrected chi connectivity index (χ1v) is 6.68. The van der Waals surface area contributed by atoms with Crippen molar-refractivity contribution >= 4 is 17.2 Å². The molecule has 1 aromatic heterocycles. The minimum Gasteiger partial charge on any atom is -0.343 e. The van der Waals surface area contributed by atoms with E-state index in [1.165, 1.54) is 0 Å². The lowest BCUT2D eigenvalue weighted by molar-refractivity contribution is -0.130. The molecule has 0 unspecified atom stereocenters. The van der Waals surface area contributed by atoms with Crippen molar-refractivity contribution in [2.24, 2.45) is 0 Å². The zero-order chi connectivity index (χ0) is 12.1. The molecular weight excluding hydrogens is 220 g/mol. The first kappa shape index (κ1) is 13.2. The highest BCUT2D eigenvalue weighted by Crippen LogP contribution is 2.19. The Balaban J connectivity index is 2.62. The molecule has 1 heterocycles. The Morgan fingerprint density at radius 2 is 2.06 bits per heavy atom. The van der Waals surface area contributed by atoms with Gasteiger partial charge in [0.2, 0.25) is 5.91 Å². The second kappa shape index (κ2) is 5.99.